The first-order valence-corrected chi connectivity index (χ1v) is 9.84. The molecule has 0 aromatic rings. The molecule has 0 radical (unpaired) electrons. The summed E-state index contributed by atoms with van der Waals surface area (Å²) in [5, 5.41) is 14.7. The van der Waals surface area contributed by atoms with E-state index in [1.807, 2.05) is 6.92 Å². The van der Waals surface area contributed by atoms with Gasteiger partial charge in [0.15, 0.2) is 0 Å². The molecule has 0 unspecified atom stereocenters. The molecule has 0 aromatic carbocycles. The topological polar surface area (TPSA) is 78.4 Å². The fraction of sp³-hybridized carbons (Fsp3) is 0.895. The summed E-state index contributed by atoms with van der Waals surface area (Å²) in [5.41, 5.74) is 0. The smallest absolute Gasteiger partial charge is 0.303 e. The van der Waals surface area contributed by atoms with Gasteiger partial charge in [-0.2, -0.15) is 0 Å². The van der Waals surface area contributed by atoms with Crippen LogP contribution in [0.4, 0.5) is 0 Å². The average molecular weight is 343 g/mol. The number of carbonyl (C=O) groups excluding carboxylic acids is 1. The van der Waals surface area contributed by atoms with Crippen LogP contribution in [0.15, 0.2) is 0 Å². The van der Waals surface area contributed by atoms with Gasteiger partial charge in [0.25, 0.3) is 0 Å². The van der Waals surface area contributed by atoms with Crippen molar-refractivity contribution in [2.45, 2.75) is 96.9 Å². The molecule has 5 nitrogen and oxygen atoms in total. The normalized spacial score (nSPS) is 12.1. The molecule has 24 heavy (non-hydrogen) atoms. The van der Waals surface area contributed by atoms with Crippen molar-refractivity contribution in [1.29, 1.82) is 0 Å². The fourth-order valence-electron chi connectivity index (χ4n) is 2.79. The third-order valence-corrected chi connectivity index (χ3v) is 4.24. The summed E-state index contributed by atoms with van der Waals surface area (Å²) in [6.45, 7) is 5.51. The maximum absolute atomic E-state index is 12.0. The van der Waals surface area contributed by atoms with Gasteiger partial charge in [0.05, 0.1) is 6.04 Å². The van der Waals surface area contributed by atoms with E-state index < -0.39 is 12.0 Å². The van der Waals surface area contributed by atoms with Gasteiger partial charge in [-0.3, -0.25) is 9.59 Å². The Morgan fingerprint density at radius 3 is 1.92 bits per heavy atom. The van der Waals surface area contributed by atoms with E-state index in [1.54, 1.807) is 0 Å². The molecular formula is C19H38N2O3. The van der Waals surface area contributed by atoms with Crippen molar-refractivity contribution >= 4 is 11.9 Å². The Morgan fingerprint density at radius 2 is 1.42 bits per heavy atom. The Hall–Kier alpha value is -1.10. The summed E-state index contributed by atoms with van der Waals surface area (Å²) < 4.78 is 0. The van der Waals surface area contributed by atoms with E-state index in [4.69, 9.17) is 5.11 Å². The Labute approximate surface area is 148 Å². The van der Waals surface area contributed by atoms with Crippen LogP contribution in [-0.4, -0.2) is 36.1 Å². The maximum atomic E-state index is 12.0. The van der Waals surface area contributed by atoms with E-state index in [2.05, 4.69) is 17.6 Å². The predicted octanol–water partition coefficient (Wildman–Crippen LogP) is 3.87. The van der Waals surface area contributed by atoms with Crippen LogP contribution in [0.2, 0.25) is 0 Å². The molecule has 0 aliphatic rings. The maximum Gasteiger partial charge on any atom is 0.303 e. The number of carboxylic acid groups (broad SMARTS) is 1. The van der Waals surface area contributed by atoms with E-state index in [0.717, 1.165) is 12.8 Å². The molecule has 0 saturated carbocycles. The van der Waals surface area contributed by atoms with Gasteiger partial charge in [0.2, 0.25) is 5.91 Å². The van der Waals surface area contributed by atoms with Gasteiger partial charge in [-0.05, 0) is 19.4 Å². The predicted molar refractivity (Wildman–Crippen MR) is 99.2 cm³/mol. The molecule has 0 heterocycles. The number of hydrogen-bond acceptors (Lipinski definition) is 3. The van der Waals surface area contributed by atoms with Crippen LogP contribution in [-0.2, 0) is 9.59 Å². The van der Waals surface area contributed by atoms with E-state index in [-0.39, 0.29) is 12.3 Å². The number of amides is 1. The second-order valence-electron chi connectivity index (χ2n) is 6.52. The lowest BCUT2D eigenvalue weighted by molar-refractivity contribution is -0.137. The molecule has 0 saturated heterocycles. The van der Waals surface area contributed by atoms with Crippen molar-refractivity contribution in [2.75, 3.05) is 13.1 Å². The minimum atomic E-state index is -0.861. The zero-order valence-electron chi connectivity index (χ0n) is 15.7. The first kappa shape index (κ1) is 22.9. The van der Waals surface area contributed by atoms with Crippen LogP contribution < -0.4 is 10.6 Å². The Bertz CT molecular complexity index is 322. The van der Waals surface area contributed by atoms with E-state index >= 15 is 0 Å². The SMILES string of the molecule is CCCCCCCCCCCCNC(=O)[C@H](CCC(=O)O)NCC. The lowest BCUT2D eigenvalue weighted by Gasteiger charge is -2.16. The third-order valence-electron chi connectivity index (χ3n) is 4.24. The molecule has 3 N–H and O–H groups in total. The number of hydrogen-bond donors (Lipinski definition) is 3. The molecule has 0 aliphatic heterocycles. The van der Waals surface area contributed by atoms with Gasteiger partial charge in [-0.15, -0.1) is 0 Å². The zero-order chi connectivity index (χ0) is 18.0. The standard InChI is InChI=1S/C19H38N2O3/c1-3-5-6-7-8-9-10-11-12-13-16-21-19(24)17(20-4-2)14-15-18(22)23/h17,20H,3-16H2,1-2H3,(H,21,24)(H,22,23)/t17-/m0/s1. The number of unbranched alkanes of at least 4 members (excludes halogenated alkanes) is 9. The Morgan fingerprint density at radius 1 is 0.875 bits per heavy atom. The number of carbonyl (C=O) groups is 2. The molecule has 142 valence electrons. The molecule has 0 aromatic heterocycles. The molecular weight excluding hydrogens is 304 g/mol. The van der Waals surface area contributed by atoms with Crippen molar-refractivity contribution in [3.05, 3.63) is 0 Å². The highest BCUT2D eigenvalue weighted by Gasteiger charge is 2.17. The second kappa shape index (κ2) is 16.7. The lowest BCUT2D eigenvalue weighted by atomic mass is 10.1. The third kappa shape index (κ3) is 14.5. The number of likely N-dealkylation sites (N-methyl/N-ethyl adjacent to an activating group) is 1. The average Bonchev–Trinajstić information content (AvgIpc) is 2.56. The van der Waals surface area contributed by atoms with E-state index in [0.29, 0.717) is 19.5 Å². The molecule has 0 spiro atoms. The van der Waals surface area contributed by atoms with Gasteiger partial charge in [0, 0.05) is 13.0 Å². The first-order valence-electron chi connectivity index (χ1n) is 9.84. The van der Waals surface area contributed by atoms with Gasteiger partial charge >= 0.3 is 5.97 Å². The summed E-state index contributed by atoms with van der Waals surface area (Å²) >= 11 is 0. The monoisotopic (exact) mass is 342 g/mol. The molecule has 0 rings (SSSR count). The number of nitrogens with one attached hydrogen (secondary N) is 2. The summed E-state index contributed by atoms with van der Waals surface area (Å²) in [7, 11) is 0. The van der Waals surface area contributed by atoms with Gasteiger partial charge in [0.1, 0.15) is 0 Å². The van der Waals surface area contributed by atoms with Crippen LogP contribution in [0.1, 0.15) is 90.9 Å². The summed E-state index contributed by atoms with van der Waals surface area (Å²) in [6, 6.07) is -0.394. The summed E-state index contributed by atoms with van der Waals surface area (Å²) in [6.07, 6.45) is 13.1. The number of aliphatic carboxylic acids is 1. The van der Waals surface area contributed by atoms with Gasteiger partial charge < -0.3 is 15.7 Å². The van der Waals surface area contributed by atoms with Crippen LogP contribution in [0.5, 0.6) is 0 Å². The van der Waals surface area contributed by atoms with Gasteiger partial charge in [-0.1, -0.05) is 71.6 Å². The quantitative estimate of drug-likeness (QED) is 0.351. The highest BCUT2D eigenvalue weighted by atomic mass is 16.4. The Balaban J connectivity index is 3.56. The van der Waals surface area contributed by atoms with Crippen molar-refractivity contribution < 1.29 is 14.7 Å². The van der Waals surface area contributed by atoms with E-state index in [1.165, 1.54) is 51.4 Å². The first-order chi connectivity index (χ1) is 11.6. The summed E-state index contributed by atoms with van der Waals surface area (Å²) in [4.78, 5) is 22.7. The van der Waals surface area contributed by atoms with Crippen molar-refractivity contribution in [1.82, 2.24) is 10.6 Å². The minimum Gasteiger partial charge on any atom is -0.481 e. The molecule has 5 heteroatoms. The fourth-order valence-corrected chi connectivity index (χ4v) is 2.79. The number of carboxylic acids is 1. The second-order valence-corrected chi connectivity index (χ2v) is 6.52. The largest absolute Gasteiger partial charge is 0.481 e. The van der Waals surface area contributed by atoms with Crippen molar-refractivity contribution in [2.24, 2.45) is 0 Å². The van der Waals surface area contributed by atoms with Crippen LogP contribution in [0.25, 0.3) is 0 Å². The molecule has 0 bridgehead atoms. The highest BCUT2D eigenvalue weighted by Crippen LogP contribution is 2.10. The molecule has 0 fully saturated rings. The van der Waals surface area contributed by atoms with E-state index in [9.17, 15) is 9.59 Å². The number of rotatable bonds is 17. The van der Waals surface area contributed by atoms with Gasteiger partial charge in [-0.25, -0.2) is 0 Å². The Kier molecular flexibility index (Phi) is 16.0. The van der Waals surface area contributed by atoms with Crippen molar-refractivity contribution in [3.8, 4) is 0 Å². The molecule has 0 aliphatic carbocycles. The van der Waals surface area contributed by atoms with Crippen molar-refractivity contribution in [3.63, 3.8) is 0 Å². The van der Waals surface area contributed by atoms with Crippen LogP contribution >= 0.6 is 0 Å². The lowest BCUT2D eigenvalue weighted by Crippen LogP contribution is -2.44. The summed E-state index contributed by atoms with van der Waals surface area (Å²) in [5.74, 6) is -0.936. The zero-order valence-corrected chi connectivity index (χ0v) is 15.7. The minimum absolute atomic E-state index is 0.0172. The molecule has 1 atom stereocenters. The van der Waals surface area contributed by atoms with Crippen LogP contribution in [0.3, 0.4) is 0 Å². The highest BCUT2D eigenvalue weighted by molar-refractivity contribution is 5.82. The van der Waals surface area contributed by atoms with Crippen LogP contribution in [0, 0.1) is 0 Å². The molecule has 1 amide bonds.